The van der Waals surface area contributed by atoms with Crippen molar-refractivity contribution in [1.29, 1.82) is 0 Å². The maximum Gasteiger partial charge on any atom is 0.246 e. The van der Waals surface area contributed by atoms with Gasteiger partial charge in [-0.2, -0.15) is 0 Å². The number of rotatable bonds is 15. The Kier molecular flexibility index (Phi) is 17.3. The van der Waals surface area contributed by atoms with Crippen LogP contribution in [0.2, 0.25) is 5.02 Å². The second-order valence-electron chi connectivity index (χ2n) is 21.4. The highest BCUT2D eigenvalue weighted by Gasteiger charge is 2.44. The number of aliphatic hydroxyl groups excluding tert-OH is 2. The number of aromatic nitrogens is 3. The van der Waals surface area contributed by atoms with Gasteiger partial charge in [-0.15, -0.1) is 11.3 Å². The zero-order valence-corrected chi connectivity index (χ0v) is 45.3. The minimum absolute atomic E-state index is 0.0129. The van der Waals surface area contributed by atoms with E-state index in [4.69, 9.17) is 32.0 Å². The molecule has 6 N–H and O–H groups in total. The van der Waals surface area contributed by atoms with Gasteiger partial charge in [-0.3, -0.25) is 19.2 Å². The molecule has 4 amide bonds. The topological polar surface area (TPSA) is 220 Å². The normalized spacial score (nSPS) is 20.2. The van der Waals surface area contributed by atoms with Crippen LogP contribution in [0.15, 0.2) is 58.0 Å². The monoisotopic (exact) mass is 1060 g/mol. The van der Waals surface area contributed by atoms with Gasteiger partial charge in [-0.25, -0.2) is 15.0 Å². The molecule has 0 aliphatic carbocycles. The first-order valence-electron chi connectivity index (χ1n) is 25.5. The molecule has 0 spiro atoms. The number of piperidine rings is 3. The van der Waals surface area contributed by atoms with Gasteiger partial charge in [0.15, 0.2) is 5.82 Å². The Bertz CT molecular complexity index is 2620. The molecular weight excluding hydrogens is 988 g/mol. The van der Waals surface area contributed by atoms with E-state index in [0.717, 1.165) is 58.2 Å². The van der Waals surface area contributed by atoms with E-state index in [1.807, 2.05) is 74.5 Å². The molecule has 4 fully saturated rings. The van der Waals surface area contributed by atoms with Crippen LogP contribution in [0.4, 0.5) is 11.5 Å². The van der Waals surface area contributed by atoms with Crippen LogP contribution in [-0.2, 0) is 32.3 Å². The van der Waals surface area contributed by atoms with Crippen LogP contribution in [0.3, 0.4) is 0 Å². The molecule has 17 nitrogen and oxygen atoms in total. The molecule has 8 rings (SSSR count). The number of likely N-dealkylation sites (tertiary alicyclic amines) is 2. The SMILES string of the molecule is CC(=O)N[C@H](C(=O)N1C[C@H](O)C[C@H]1C(=O)NCc1ccc(-c2scnc2C)cc1OC1CCN(C(=O)C2CCN(c3cccc(Sc4cnc(N5CCC(C)(CN)CC5)c(CO)n4)c3Cl)CC2)CC1)C(C)(C)C. The van der Waals surface area contributed by atoms with Crippen molar-refractivity contribution in [2.45, 2.75) is 134 Å². The standard InChI is InChI=1S/C53H71ClN10O7S2/c1-32-46(72-31-58-32)35-10-11-36(26-57-49(68)41-25-37(67)28-64(41)51(70)47(52(3,4)5)59-33(2)66)42(24-35)71-38-14-20-63(21-15-38)50(69)34-12-18-61(19-13-34)40-8-7-9-43(45(40)54)73-44-27-56-48(39(29-65)60-44)62-22-16-53(6,30-55)17-23-62/h7-11,24,27,31,34,37-38,41,47,65,67H,12-23,25-26,28-30,55H2,1-6H3,(H,57,68)(H,59,66)/t37-,41+,47-/m1/s1. The van der Waals surface area contributed by atoms with E-state index in [2.05, 4.69) is 32.3 Å². The third-order valence-electron chi connectivity index (χ3n) is 15.0. The summed E-state index contributed by atoms with van der Waals surface area (Å²) in [6.45, 7) is 15.7. The van der Waals surface area contributed by atoms with E-state index >= 15 is 0 Å². The van der Waals surface area contributed by atoms with Gasteiger partial charge in [0, 0.05) is 94.9 Å². The predicted octanol–water partition coefficient (Wildman–Crippen LogP) is 6.19. The molecule has 4 aliphatic rings. The van der Waals surface area contributed by atoms with Crippen molar-refractivity contribution in [1.82, 2.24) is 35.4 Å². The van der Waals surface area contributed by atoms with Crippen LogP contribution < -0.4 is 30.9 Å². The second-order valence-corrected chi connectivity index (χ2v) is 23.7. The summed E-state index contributed by atoms with van der Waals surface area (Å²) in [6.07, 6.45) is 5.37. The Labute approximate surface area is 442 Å². The number of ether oxygens (including phenoxy) is 1. The van der Waals surface area contributed by atoms with Crippen molar-refractivity contribution in [3.8, 4) is 16.2 Å². The number of benzene rings is 2. The fraction of sp³-hybridized carbons (Fsp3) is 0.566. The summed E-state index contributed by atoms with van der Waals surface area (Å²) in [4.78, 5) is 77.4. The highest BCUT2D eigenvalue weighted by molar-refractivity contribution is 7.99. The molecule has 4 aliphatic heterocycles. The number of thiazole rings is 1. The average Bonchev–Trinajstić information content (AvgIpc) is 4.00. The van der Waals surface area contributed by atoms with Crippen molar-refractivity contribution < 1.29 is 34.1 Å². The molecule has 4 aromatic rings. The number of hydrogen-bond acceptors (Lipinski definition) is 15. The smallest absolute Gasteiger partial charge is 0.246 e. The number of carbonyl (C=O) groups excluding carboxylic acids is 4. The van der Waals surface area contributed by atoms with Crippen molar-refractivity contribution in [2.75, 3.05) is 62.2 Å². The lowest BCUT2D eigenvalue weighted by atomic mass is 9.80. The minimum atomic E-state index is -0.918. The van der Waals surface area contributed by atoms with E-state index in [9.17, 15) is 29.4 Å². The summed E-state index contributed by atoms with van der Waals surface area (Å²) in [5.74, 6) is 0.209. The van der Waals surface area contributed by atoms with E-state index in [1.54, 1.807) is 6.20 Å². The molecule has 3 atom stereocenters. The lowest BCUT2D eigenvalue weighted by Crippen LogP contribution is -2.57. The molecule has 0 unspecified atom stereocenters. The summed E-state index contributed by atoms with van der Waals surface area (Å²) in [5, 5.41) is 28.0. The van der Waals surface area contributed by atoms with Crippen molar-refractivity contribution >= 4 is 69.8 Å². The Balaban J connectivity index is 0.859. The fourth-order valence-corrected chi connectivity index (χ4v) is 12.4. The van der Waals surface area contributed by atoms with E-state index < -0.39 is 35.4 Å². The number of anilines is 2. The lowest BCUT2D eigenvalue weighted by Gasteiger charge is -2.39. The molecule has 20 heteroatoms. The number of aliphatic hydroxyl groups is 2. The van der Waals surface area contributed by atoms with Gasteiger partial charge in [-0.05, 0) is 73.7 Å². The van der Waals surface area contributed by atoms with Crippen molar-refractivity contribution in [2.24, 2.45) is 22.5 Å². The average molecular weight is 1060 g/mol. The van der Waals surface area contributed by atoms with E-state index in [-0.39, 0.29) is 55.4 Å². The van der Waals surface area contributed by atoms with Gasteiger partial charge in [0.25, 0.3) is 0 Å². The van der Waals surface area contributed by atoms with Gasteiger partial charge in [-0.1, -0.05) is 69.3 Å². The molecule has 6 heterocycles. The first-order chi connectivity index (χ1) is 34.8. The zero-order chi connectivity index (χ0) is 52.2. The summed E-state index contributed by atoms with van der Waals surface area (Å²) in [6, 6.07) is 10.1. The number of nitrogens with one attached hydrogen (secondary N) is 2. The fourth-order valence-electron chi connectivity index (χ4n) is 10.4. The van der Waals surface area contributed by atoms with Crippen LogP contribution in [0.25, 0.3) is 10.4 Å². The Morgan fingerprint density at radius 2 is 1.74 bits per heavy atom. The predicted molar refractivity (Wildman–Crippen MR) is 285 cm³/mol. The summed E-state index contributed by atoms with van der Waals surface area (Å²) in [7, 11) is 0. The second kappa shape index (κ2) is 23.2. The molecule has 4 saturated heterocycles. The Hall–Kier alpha value is -5.05. The van der Waals surface area contributed by atoms with Gasteiger partial charge < -0.3 is 50.9 Å². The minimum Gasteiger partial charge on any atom is -0.490 e. The van der Waals surface area contributed by atoms with Gasteiger partial charge in [0.1, 0.15) is 34.7 Å². The molecule has 73 heavy (non-hydrogen) atoms. The van der Waals surface area contributed by atoms with Gasteiger partial charge >= 0.3 is 0 Å². The number of hydrogen-bond donors (Lipinski definition) is 5. The molecule has 0 radical (unpaired) electrons. The number of β-amino-alcohol motifs (C(OH)–C–C–N with tert-alkyl or cyclic N) is 1. The van der Waals surface area contributed by atoms with Crippen LogP contribution in [0.1, 0.15) is 96.5 Å². The summed E-state index contributed by atoms with van der Waals surface area (Å²) >= 11 is 10.1. The molecule has 2 aromatic carbocycles. The third kappa shape index (κ3) is 12.7. The molecule has 0 bridgehead atoms. The number of nitrogens with zero attached hydrogens (tertiary/aromatic N) is 7. The molecule has 394 valence electrons. The van der Waals surface area contributed by atoms with Gasteiger partial charge in [0.05, 0.1) is 45.7 Å². The third-order valence-corrected chi connectivity index (χ3v) is 17.4. The highest BCUT2D eigenvalue weighted by Crippen LogP contribution is 2.41. The number of nitrogens with two attached hydrogens (primary N) is 1. The largest absolute Gasteiger partial charge is 0.490 e. The molecular formula is C53H71ClN10O7S2. The number of halogens is 1. The number of amides is 4. The maximum atomic E-state index is 14.0. The molecule has 2 aromatic heterocycles. The Morgan fingerprint density at radius 1 is 1.01 bits per heavy atom. The zero-order valence-electron chi connectivity index (χ0n) is 42.9. The van der Waals surface area contributed by atoms with Crippen molar-refractivity contribution in [3.05, 3.63) is 70.1 Å². The quantitative estimate of drug-likeness (QED) is 0.0898. The number of aryl methyl sites for hydroxylation is 1. The first-order valence-corrected chi connectivity index (χ1v) is 27.6. The summed E-state index contributed by atoms with van der Waals surface area (Å²) in [5.41, 5.74) is 11.4. The lowest BCUT2D eigenvalue weighted by molar-refractivity contribution is -0.143. The van der Waals surface area contributed by atoms with Crippen LogP contribution in [-0.4, -0.2) is 135 Å². The first kappa shape index (κ1) is 54.2. The van der Waals surface area contributed by atoms with Gasteiger partial charge in [0.2, 0.25) is 23.6 Å². The van der Waals surface area contributed by atoms with E-state index in [1.165, 1.54) is 34.9 Å². The maximum absolute atomic E-state index is 14.0. The molecule has 0 saturated carbocycles. The van der Waals surface area contributed by atoms with Crippen LogP contribution in [0, 0.1) is 23.7 Å². The van der Waals surface area contributed by atoms with Crippen LogP contribution >= 0.6 is 34.7 Å². The Morgan fingerprint density at radius 3 is 2.38 bits per heavy atom. The number of carbonyl (C=O) groups is 4. The highest BCUT2D eigenvalue weighted by atomic mass is 35.5. The summed E-state index contributed by atoms with van der Waals surface area (Å²) < 4.78 is 6.76. The van der Waals surface area contributed by atoms with E-state index in [0.29, 0.717) is 85.7 Å². The van der Waals surface area contributed by atoms with Crippen LogP contribution in [0.5, 0.6) is 5.75 Å². The van der Waals surface area contributed by atoms with Crippen molar-refractivity contribution in [3.63, 3.8) is 0 Å².